The Morgan fingerprint density at radius 3 is 2.48 bits per heavy atom. The molecule has 7 nitrogen and oxygen atoms in total. The van der Waals surface area contributed by atoms with Crippen molar-refractivity contribution in [2.24, 2.45) is 0 Å². The maximum absolute atomic E-state index is 10.7. The predicted octanol–water partition coefficient (Wildman–Crippen LogP) is 3.01. The number of phenolic OH excluding ortho intramolecular Hbond substituents is 1. The average Bonchev–Trinajstić information content (AvgIpc) is 2.64. The number of nitrogens with two attached hydrogens (primary N) is 2. The highest BCUT2D eigenvalue weighted by Gasteiger charge is 2.15. The number of hydrogen-bond donors (Lipinski definition) is 3. The minimum absolute atomic E-state index is 0.121. The van der Waals surface area contributed by atoms with Crippen LogP contribution in [0.15, 0.2) is 42.6 Å². The Kier molecular flexibility index (Phi) is 5.30. The first-order valence-electron chi connectivity index (χ1n) is 8.51. The monoisotopic (exact) mass is 366 g/mol. The average molecular weight is 366 g/mol. The molecule has 0 saturated heterocycles. The molecule has 0 aliphatic rings. The van der Waals surface area contributed by atoms with Crippen molar-refractivity contribution in [3.05, 3.63) is 53.7 Å². The first-order chi connectivity index (χ1) is 13.0. The van der Waals surface area contributed by atoms with Crippen LogP contribution in [0.4, 0.5) is 11.8 Å². The van der Waals surface area contributed by atoms with Gasteiger partial charge in [-0.05, 0) is 42.3 Å². The number of phenols is 1. The Hall–Kier alpha value is -3.48. The summed E-state index contributed by atoms with van der Waals surface area (Å²) in [5.74, 6) is 1.90. The van der Waals surface area contributed by atoms with E-state index in [4.69, 9.17) is 20.9 Å². The Bertz CT molecular complexity index is 943. The lowest BCUT2D eigenvalue weighted by molar-refractivity contribution is 0.339. The highest BCUT2D eigenvalue weighted by Crippen LogP contribution is 2.40. The SMILES string of the molecule is CCOc1cc(Cc2cnc(N)nc2N)cc(O)c1-c1ccc(OC)cc1. The third-order valence-electron chi connectivity index (χ3n) is 4.13. The fourth-order valence-corrected chi connectivity index (χ4v) is 2.87. The second kappa shape index (κ2) is 7.82. The van der Waals surface area contributed by atoms with Crippen LogP contribution in [0.5, 0.6) is 17.2 Å². The van der Waals surface area contributed by atoms with Crippen molar-refractivity contribution >= 4 is 11.8 Å². The van der Waals surface area contributed by atoms with Crippen molar-refractivity contribution in [1.29, 1.82) is 0 Å². The third kappa shape index (κ3) is 4.03. The number of ether oxygens (including phenoxy) is 2. The lowest BCUT2D eigenvalue weighted by Crippen LogP contribution is -2.04. The van der Waals surface area contributed by atoms with Gasteiger partial charge < -0.3 is 26.0 Å². The van der Waals surface area contributed by atoms with Gasteiger partial charge in [-0.25, -0.2) is 4.98 Å². The number of rotatable bonds is 6. The van der Waals surface area contributed by atoms with Gasteiger partial charge in [0.05, 0.1) is 19.3 Å². The number of nitrogen functional groups attached to an aromatic ring is 2. The molecule has 1 aromatic heterocycles. The summed E-state index contributed by atoms with van der Waals surface area (Å²) in [5, 5.41) is 10.7. The number of methoxy groups -OCH3 is 1. The van der Waals surface area contributed by atoms with Crippen molar-refractivity contribution in [3.8, 4) is 28.4 Å². The molecule has 0 saturated carbocycles. The fraction of sp³-hybridized carbons (Fsp3) is 0.200. The first kappa shape index (κ1) is 18.3. The molecule has 2 aromatic carbocycles. The molecule has 0 atom stereocenters. The normalized spacial score (nSPS) is 10.6. The molecule has 7 heteroatoms. The van der Waals surface area contributed by atoms with Crippen LogP contribution in [0.1, 0.15) is 18.1 Å². The van der Waals surface area contributed by atoms with E-state index in [0.29, 0.717) is 30.2 Å². The Morgan fingerprint density at radius 1 is 1.11 bits per heavy atom. The zero-order valence-electron chi connectivity index (χ0n) is 15.3. The molecular formula is C20H22N4O3. The molecular weight excluding hydrogens is 344 g/mol. The molecule has 0 aliphatic heterocycles. The standard InChI is InChI=1S/C20H22N4O3/c1-3-27-17-10-12(8-14-11-23-20(22)24-19(14)21)9-16(25)18(17)13-4-6-15(26-2)7-5-13/h4-7,9-11,25H,3,8H2,1-2H3,(H4,21,22,23,24). The lowest BCUT2D eigenvalue weighted by atomic mass is 9.98. The number of nitrogens with zero attached hydrogens (tertiary/aromatic N) is 2. The molecule has 27 heavy (non-hydrogen) atoms. The van der Waals surface area contributed by atoms with E-state index >= 15 is 0 Å². The molecule has 0 bridgehead atoms. The summed E-state index contributed by atoms with van der Waals surface area (Å²) in [5.41, 5.74) is 14.5. The van der Waals surface area contributed by atoms with Gasteiger partial charge in [-0.2, -0.15) is 4.98 Å². The van der Waals surface area contributed by atoms with Gasteiger partial charge in [-0.3, -0.25) is 0 Å². The van der Waals surface area contributed by atoms with Crippen molar-refractivity contribution in [1.82, 2.24) is 9.97 Å². The quantitative estimate of drug-likeness (QED) is 0.614. The number of aromatic nitrogens is 2. The Balaban J connectivity index is 2.00. The summed E-state index contributed by atoms with van der Waals surface area (Å²) in [6.07, 6.45) is 2.04. The zero-order valence-corrected chi connectivity index (χ0v) is 15.3. The summed E-state index contributed by atoms with van der Waals surface area (Å²) < 4.78 is 11.0. The van der Waals surface area contributed by atoms with Gasteiger partial charge in [0.15, 0.2) is 0 Å². The van der Waals surface area contributed by atoms with Gasteiger partial charge in [-0.1, -0.05) is 12.1 Å². The van der Waals surface area contributed by atoms with E-state index in [1.54, 1.807) is 19.4 Å². The van der Waals surface area contributed by atoms with Crippen LogP contribution in [0, 0.1) is 0 Å². The second-order valence-corrected chi connectivity index (χ2v) is 5.97. The second-order valence-electron chi connectivity index (χ2n) is 5.97. The van der Waals surface area contributed by atoms with Crippen LogP contribution < -0.4 is 20.9 Å². The van der Waals surface area contributed by atoms with Crippen LogP contribution in [0.25, 0.3) is 11.1 Å². The van der Waals surface area contributed by atoms with E-state index in [9.17, 15) is 5.11 Å². The van der Waals surface area contributed by atoms with Crippen molar-refractivity contribution in [2.75, 3.05) is 25.2 Å². The summed E-state index contributed by atoms with van der Waals surface area (Å²) in [7, 11) is 1.61. The Labute approximate surface area is 157 Å². The van der Waals surface area contributed by atoms with Crippen LogP contribution >= 0.6 is 0 Å². The number of anilines is 2. The smallest absolute Gasteiger partial charge is 0.221 e. The van der Waals surface area contributed by atoms with Gasteiger partial charge in [0.25, 0.3) is 0 Å². The molecule has 0 unspecified atom stereocenters. The predicted molar refractivity (Wildman–Crippen MR) is 105 cm³/mol. The number of benzene rings is 2. The van der Waals surface area contributed by atoms with E-state index in [0.717, 1.165) is 22.4 Å². The van der Waals surface area contributed by atoms with E-state index < -0.39 is 0 Å². The minimum atomic E-state index is 0.121. The van der Waals surface area contributed by atoms with Crippen LogP contribution in [0.3, 0.4) is 0 Å². The molecule has 0 spiro atoms. The maximum Gasteiger partial charge on any atom is 0.221 e. The van der Waals surface area contributed by atoms with E-state index in [-0.39, 0.29) is 11.7 Å². The summed E-state index contributed by atoms with van der Waals surface area (Å²) in [4.78, 5) is 7.95. The van der Waals surface area contributed by atoms with E-state index in [2.05, 4.69) is 9.97 Å². The number of hydrogen-bond acceptors (Lipinski definition) is 7. The molecule has 3 aromatic rings. The zero-order chi connectivity index (χ0) is 19.4. The van der Waals surface area contributed by atoms with Crippen LogP contribution in [0.2, 0.25) is 0 Å². The van der Waals surface area contributed by atoms with Gasteiger partial charge >= 0.3 is 0 Å². The third-order valence-corrected chi connectivity index (χ3v) is 4.13. The van der Waals surface area contributed by atoms with Crippen LogP contribution in [-0.4, -0.2) is 28.8 Å². The highest BCUT2D eigenvalue weighted by molar-refractivity contribution is 5.77. The molecule has 1 heterocycles. The van der Waals surface area contributed by atoms with Gasteiger partial charge in [-0.15, -0.1) is 0 Å². The summed E-state index contributed by atoms with van der Waals surface area (Å²) in [6, 6.07) is 11.0. The topological polar surface area (TPSA) is 117 Å². The van der Waals surface area contributed by atoms with Crippen molar-refractivity contribution < 1.29 is 14.6 Å². The van der Waals surface area contributed by atoms with E-state index in [1.807, 2.05) is 37.3 Å². The fourth-order valence-electron chi connectivity index (χ4n) is 2.87. The highest BCUT2D eigenvalue weighted by atomic mass is 16.5. The largest absolute Gasteiger partial charge is 0.507 e. The van der Waals surface area contributed by atoms with Crippen molar-refractivity contribution in [3.63, 3.8) is 0 Å². The first-order valence-corrected chi connectivity index (χ1v) is 8.51. The Morgan fingerprint density at radius 2 is 1.85 bits per heavy atom. The van der Waals surface area contributed by atoms with Gasteiger partial charge in [0.2, 0.25) is 5.95 Å². The molecule has 140 valence electrons. The number of aromatic hydroxyl groups is 1. The molecule has 0 amide bonds. The van der Waals surface area contributed by atoms with Gasteiger partial charge in [0, 0.05) is 18.2 Å². The summed E-state index contributed by atoms with van der Waals surface area (Å²) in [6.45, 7) is 2.37. The molecule has 5 N–H and O–H groups in total. The lowest BCUT2D eigenvalue weighted by Gasteiger charge is -2.15. The van der Waals surface area contributed by atoms with E-state index in [1.165, 1.54) is 0 Å². The maximum atomic E-state index is 10.7. The van der Waals surface area contributed by atoms with Crippen LogP contribution in [-0.2, 0) is 6.42 Å². The minimum Gasteiger partial charge on any atom is -0.507 e. The summed E-state index contributed by atoms with van der Waals surface area (Å²) >= 11 is 0. The molecule has 0 aliphatic carbocycles. The van der Waals surface area contributed by atoms with Crippen molar-refractivity contribution in [2.45, 2.75) is 13.3 Å². The van der Waals surface area contributed by atoms with Gasteiger partial charge in [0.1, 0.15) is 23.1 Å². The molecule has 3 rings (SSSR count). The molecule has 0 radical (unpaired) electrons. The molecule has 0 fully saturated rings.